The molecule has 1 aliphatic carbocycles. The standard InChI is InChI=1S/C20H25N3O3S/c1-4-13-6-8-15-16(10-13)27-19(18(15)20(25)26-5-2)22-17(24)9-7-14-11-21-23(3)12-14/h7,9,11-13H,4-6,8,10H2,1-3H3,(H,22,24)/b9-7-/t13-/m1/s1. The van der Waals surface area contributed by atoms with Crippen molar-refractivity contribution in [3.63, 3.8) is 0 Å². The van der Waals surface area contributed by atoms with E-state index >= 15 is 0 Å². The fraction of sp³-hybridized carbons (Fsp3) is 0.450. The summed E-state index contributed by atoms with van der Waals surface area (Å²) in [5, 5.41) is 7.55. The van der Waals surface area contributed by atoms with Gasteiger partial charge in [-0.25, -0.2) is 4.79 Å². The molecule has 27 heavy (non-hydrogen) atoms. The second-order valence-electron chi connectivity index (χ2n) is 6.72. The number of nitrogens with zero attached hydrogens (tertiary/aromatic N) is 2. The number of anilines is 1. The summed E-state index contributed by atoms with van der Waals surface area (Å²) < 4.78 is 6.92. The third kappa shape index (κ3) is 4.47. The Labute approximate surface area is 163 Å². The molecule has 2 heterocycles. The summed E-state index contributed by atoms with van der Waals surface area (Å²) in [5.41, 5.74) is 2.43. The smallest absolute Gasteiger partial charge is 0.341 e. The van der Waals surface area contributed by atoms with E-state index in [1.807, 2.05) is 13.2 Å². The van der Waals surface area contributed by atoms with Crippen LogP contribution in [0.1, 0.15) is 53.1 Å². The number of nitrogens with one attached hydrogen (secondary N) is 1. The fourth-order valence-corrected chi connectivity index (χ4v) is 4.71. The SMILES string of the molecule is CCOC(=O)c1c(NC(=O)/C=C\c2cnn(C)c2)sc2c1CC[C@@H](CC)C2. The first-order chi connectivity index (χ1) is 13.0. The van der Waals surface area contributed by atoms with E-state index in [2.05, 4.69) is 17.3 Å². The molecule has 0 fully saturated rings. The van der Waals surface area contributed by atoms with Crippen LogP contribution in [-0.2, 0) is 29.4 Å². The molecule has 6 nitrogen and oxygen atoms in total. The van der Waals surface area contributed by atoms with Crippen LogP contribution in [0, 0.1) is 5.92 Å². The van der Waals surface area contributed by atoms with Gasteiger partial charge >= 0.3 is 5.97 Å². The Hall–Kier alpha value is -2.41. The van der Waals surface area contributed by atoms with Crippen LogP contribution in [0.3, 0.4) is 0 Å². The summed E-state index contributed by atoms with van der Waals surface area (Å²) in [6.07, 6.45) is 10.7. The highest BCUT2D eigenvalue weighted by molar-refractivity contribution is 7.17. The van der Waals surface area contributed by atoms with Crippen molar-refractivity contribution in [2.75, 3.05) is 11.9 Å². The number of aromatic nitrogens is 2. The van der Waals surface area contributed by atoms with Crippen LogP contribution in [0.25, 0.3) is 6.08 Å². The van der Waals surface area contributed by atoms with Gasteiger partial charge in [0.2, 0.25) is 5.91 Å². The van der Waals surface area contributed by atoms with Crippen LogP contribution < -0.4 is 5.32 Å². The van der Waals surface area contributed by atoms with E-state index in [4.69, 9.17) is 4.74 Å². The molecule has 0 bridgehead atoms. The molecule has 3 rings (SSSR count). The molecular formula is C20H25N3O3S. The van der Waals surface area contributed by atoms with Crippen LogP contribution >= 0.6 is 11.3 Å². The normalized spacial score (nSPS) is 16.3. The maximum Gasteiger partial charge on any atom is 0.341 e. The van der Waals surface area contributed by atoms with Crippen molar-refractivity contribution in [1.29, 1.82) is 0 Å². The number of aryl methyl sites for hydroxylation is 1. The van der Waals surface area contributed by atoms with Gasteiger partial charge in [-0.3, -0.25) is 9.48 Å². The van der Waals surface area contributed by atoms with Gasteiger partial charge in [-0.15, -0.1) is 11.3 Å². The molecule has 144 valence electrons. The van der Waals surface area contributed by atoms with E-state index in [1.54, 1.807) is 23.9 Å². The molecule has 0 aromatic carbocycles. The maximum atomic E-state index is 12.5. The third-order valence-electron chi connectivity index (χ3n) is 4.81. The largest absolute Gasteiger partial charge is 0.462 e. The first kappa shape index (κ1) is 19.4. The fourth-order valence-electron chi connectivity index (χ4n) is 3.36. The Morgan fingerprint density at radius 1 is 1.44 bits per heavy atom. The number of hydrogen-bond donors (Lipinski definition) is 1. The van der Waals surface area contributed by atoms with Gasteiger partial charge in [0.1, 0.15) is 5.00 Å². The quantitative estimate of drug-likeness (QED) is 0.604. The van der Waals surface area contributed by atoms with Gasteiger partial charge in [0, 0.05) is 29.8 Å². The lowest BCUT2D eigenvalue weighted by atomic mass is 9.85. The molecule has 0 saturated carbocycles. The van der Waals surface area contributed by atoms with Crippen molar-refractivity contribution in [1.82, 2.24) is 9.78 Å². The number of esters is 1. The number of fused-ring (bicyclic) bond motifs is 1. The number of thiophene rings is 1. The van der Waals surface area contributed by atoms with Gasteiger partial charge in [-0.05, 0) is 43.7 Å². The van der Waals surface area contributed by atoms with E-state index in [0.29, 0.717) is 23.1 Å². The lowest BCUT2D eigenvalue weighted by molar-refractivity contribution is -0.111. The second-order valence-corrected chi connectivity index (χ2v) is 7.82. The van der Waals surface area contributed by atoms with Crippen LogP contribution in [0.5, 0.6) is 0 Å². The van der Waals surface area contributed by atoms with Crippen molar-refractivity contribution in [3.8, 4) is 0 Å². The summed E-state index contributed by atoms with van der Waals surface area (Å²) in [5.74, 6) is 0.0201. The van der Waals surface area contributed by atoms with Gasteiger partial charge < -0.3 is 10.1 Å². The van der Waals surface area contributed by atoms with Crippen molar-refractivity contribution in [2.45, 2.75) is 39.5 Å². The average molecular weight is 388 g/mol. The van der Waals surface area contributed by atoms with E-state index < -0.39 is 0 Å². The predicted octanol–water partition coefficient (Wildman–Crippen LogP) is 3.83. The Morgan fingerprint density at radius 3 is 2.93 bits per heavy atom. The highest BCUT2D eigenvalue weighted by Gasteiger charge is 2.29. The average Bonchev–Trinajstić information content (AvgIpc) is 3.22. The zero-order chi connectivity index (χ0) is 19.4. The summed E-state index contributed by atoms with van der Waals surface area (Å²) in [6.45, 7) is 4.30. The Kier molecular flexibility index (Phi) is 6.11. The number of carbonyl (C=O) groups is 2. The maximum absolute atomic E-state index is 12.5. The molecular weight excluding hydrogens is 362 g/mol. The van der Waals surface area contributed by atoms with E-state index in [9.17, 15) is 9.59 Å². The number of hydrogen-bond acceptors (Lipinski definition) is 5. The highest BCUT2D eigenvalue weighted by Crippen LogP contribution is 2.40. The summed E-state index contributed by atoms with van der Waals surface area (Å²) in [4.78, 5) is 26.1. The third-order valence-corrected chi connectivity index (χ3v) is 5.98. The van der Waals surface area contributed by atoms with E-state index in [-0.39, 0.29) is 11.9 Å². The van der Waals surface area contributed by atoms with Crippen molar-refractivity contribution in [2.24, 2.45) is 13.0 Å². The Balaban J connectivity index is 1.83. The van der Waals surface area contributed by atoms with Crippen LogP contribution in [-0.4, -0.2) is 28.3 Å². The first-order valence-electron chi connectivity index (χ1n) is 9.31. The van der Waals surface area contributed by atoms with Crippen LogP contribution in [0.4, 0.5) is 5.00 Å². The zero-order valence-electron chi connectivity index (χ0n) is 15.9. The highest BCUT2D eigenvalue weighted by atomic mass is 32.1. The molecule has 2 aromatic rings. The summed E-state index contributed by atoms with van der Waals surface area (Å²) >= 11 is 1.51. The van der Waals surface area contributed by atoms with Gasteiger partial charge in [0.05, 0.1) is 18.4 Å². The molecule has 0 spiro atoms. The first-order valence-corrected chi connectivity index (χ1v) is 10.1. The summed E-state index contributed by atoms with van der Waals surface area (Å²) in [7, 11) is 1.82. The van der Waals surface area contributed by atoms with Crippen LogP contribution in [0.2, 0.25) is 0 Å². The van der Waals surface area contributed by atoms with Crippen molar-refractivity contribution < 1.29 is 14.3 Å². The molecule has 7 heteroatoms. The number of carbonyl (C=O) groups excluding carboxylic acids is 2. The number of ether oxygens (including phenoxy) is 1. The molecule has 1 aliphatic rings. The topological polar surface area (TPSA) is 73.2 Å². The van der Waals surface area contributed by atoms with Crippen molar-refractivity contribution in [3.05, 3.63) is 40.0 Å². The second kappa shape index (κ2) is 8.52. The predicted molar refractivity (Wildman–Crippen MR) is 107 cm³/mol. The monoisotopic (exact) mass is 387 g/mol. The van der Waals surface area contributed by atoms with Crippen LogP contribution in [0.15, 0.2) is 18.5 Å². The number of rotatable bonds is 6. The molecule has 1 amide bonds. The molecule has 1 N–H and O–H groups in total. The Morgan fingerprint density at radius 2 is 2.26 bits per heavy atom. The minimum absolute atomic E-state index is 0.268. The summed E-state index contributed by atoms with van der Waals surface area (Å²) in [6, 6.07) is 0. The van der Waals surface area contributed by atoms with Crippen molar-refractivity contribution >= 4 is 34.3 Å². The van der Waals surface area contributed by atoms with Gasteiger partial charge in [-0.1, -0.05) is 13.3 Å². The lowest BCUT2D eigenvalue weighted by Gasteiger charge is -2.20. The molecule has 0 saturated heterocycles. The molecule has 1 atom stereocenters. The Bertz CT molecular complexity index is 866. The zero-order valence-corrected chi connectivity index (χ0v) is 16.8. The minimum atomic E-state index is -0.350. The molecule has 0 radical (unpaired) electrons. The molecule has 0 unspecified atom stereocenters. The van der Waals surface area contributed by atoms with E-state index in [1.165, 1.54) is 22.3 Å². The van der Waals surface area contributed by atoms with Gasteiger partial charge in [0.15, 0.2) is 0 Å². The number of amides is 1. The van der Waals surface area contributed by atoms with E-state index in [0.717, 1.165) is 36.8 Å². The van der Waals surface area contributed by atoms with Gasteiger partial charge in [-0.2, -0.15) is 5.10 Å². The lowest BCUT2D eigenvalue weighted by Crippen LogP contribution is -2.16. The minimum Gasteiger partial charge on any atom is -0.462 e. The van der Waals surface area contributed by atoms with Gasteiger partial charge in [0.25, 0.3) is 0 Å². The molecule has 0 aliphatic heterocycles. The molecule has 2 aromatic heterocycles.